The molecule has 7 heteroatoms. The lowest BCUT2D eigenvalue weighted by atomic mass is 10.2. The van der Waals surface area contributed by atoms with Gasteiger partial charge in [-0.15, -0.1) is 0 Å². The standard InChI is InChI=1S/C15H30N4O3/c1-15(2,3)22-14(20)19(10-11-21-5)9-8-17-13(16)18(4)12-6-7-12/h12H,6-11H2,1-5H3,(H2,16,17). The maximum atomic E-state index is 12.2. The summed E-state index contributed by atoms with van der Waals surface area (Å²) >= 11 is 0. The quantitative estimate of drug-likeness (QED) is 0.565. The number of nitrogens with zero attached hydrogens (tertiary/aromatic N) is 3. The van der Waals surface area contributed by atoms with Gasteiger partial charge in [0.1, 0.15) is 5.60 Å². The van der Waals surface area contributed by atoms with E-state index in [9.17, 15) is 4.79 Å². The van der Waals surface area contributed by atoms with Crippen molar-refractivity contribution in [2.45, 2.75) is 45.3 Å². The molecule has 1 aliphatic carbocycles. The maximum Gasteiger partial charge on any atom is 0.410 e. The minimum atomic E-state index is -0.517. The van der Waals surface area contributed by atoms with Gasteiger partial charge in [-0.2, -0.15) is 0 Å². The molecule has 0 spiro atoms. The number of hydrogen-bond acceptors (Lipinski definition) is 4. The van der Waals surface area contributed by atoms with Crippen LogP contribution in [0.1, 0.15) is 33.6 Å². The molecule has 1 aliphatic rings. The number of ether oxygens (including phenoxy) is 2. The lowest BCUT2D eigenvalue weighted by molar-refractivity contribution is 0.0208. The molecule has 0 aromatic heterocycles. The van der Waals surface area contributed by atoms with Crippen LogP contribution in [0, 0.1) is 0 Å². The van der Waals surface area contributed by atoms with E-state index in [1.54, 1.807) is 12.0 Å². The second-order valence-corrected chi connectivity index (χ2v) is 6.54. The number of nitrogens with two attached hydrogens (primary N) is 1. The molecule has 0 aromatic carbocycles. The third kappa shape index (κ3) is 6.98. The molecule has 1 rings (SSSR count). The summed E-state index contributed by atoms with van der Waals surface area (Å²) in [5, 5.41) is 0. The van der Waals surface area contributed by atoms with E-state index in [1.165, 1.54) is 12.8 Å². The fourth-order valence-electron chi connectivity index (χ4n) is 1.87. The minimum Gasteiger partial charge on any atom is -0.444 e. The number of carbonyl (C=O) groups is 1. The summed E-state index contributed by atoms with van der Waals surface area (Å²) in [6.45, 7) is 7.38. The summed E-state index contributed by atoms with van der Waals surface area (Å²) in [4.78, 5) is 20.1. The van der Waals surface area contributed by atoms with Crippen molar-refractivity contribution in [1.29, 1.82) is 0 Å². The van der Waals surface area contributed by atoms with Gasteiger partial charge >= 0.3 is 6.09 Å². The molecule has 1 amide bonds. The van der Waals surface area contributed by atoms with Gasteiger partial charge in [-0.05, 0) is 33.6 Å². The predicted octanol–water partition coefficient (Wildman–Crippen LogP) is 1.28. The summed E-state index contributed by atoms with van der Waals surface area (Å²) in [5.41, 5.74) is 5.42. The third-order valence-electron chi connectivity index (χ3n) is 3.32. The Balaban J connectivity index is 2.49. The van der Waals surface area contributed by atoms with Crippen LogP contribution >= 0.6 is 0 Å². The lowest BCUT2D eigenvalue weighted by Gasteiger charge is -2.27. The van der Waals surface area contributed by atoms with E-state index in [2.05, 4.69) is 4.99 Å². The fraction of sp³-hybridized carbons (Fsp3) is 0.867. The van der Waals surface area contributed by atoms with Gasteiger partial charge in [0, 0.05) is 33.3 Å². The highest BCUT2D eigenvalue weighted by molar-refractivity contribution is 5.78. The molecular formula is C15H30N4O3. The number of aliphatic imine (C=N–C) groups is 1. The highest BCUT2D eigenvalue weighted by Crippen LogP contribution is 2.24. The average molecular weight is 314 g/mol. The molecular weight excluding hydrogens is 284 g/mol. The van der Waals surface area contributed by atoms with Gasteiger partial charge < -0.3 is 25.0 Å². The fourth-order valence-corrected chi connectivity index (χ4v) is 1.87. The molecule has 0 radical (unpaired) electrons. The van der Waals surface area contributed by atoms with Gasteiger partial charge in [-0.1, -0.05) is 0 Å². The minimum absolute atomic E-state index is 0.353. The summed E-state index contributed by atoms with van der Waals surface area (Å²) in [6.07, 6.45) is 1.99. The Morgan fingerprint density at radius 3 is 2.45 bits per heavy atom. The second kappa shape index (κ2) is 8.22. The molecule has 7 nitrogen and oxygen atoms in total. The van der Waals surface area contributed by atoms with Gasteiger partial charge in [-0.3, -0.25) is 4.99 Å². The van der Waals surface area contributed by atoms with Crippen LogP contribution < -0.4 is 5.73 Å². The first-order chi connectivity index (χ1) is 10.2. The van der Waals surface area contributed by atoms with Crippen molar-refractivity contribution in [3.63, 3.8) is 0 Å². The van der Waals surface area contributed by atoms with Crippen LogP contribution in [0.15, 0.2) is 4.99 Å². The normalized spacial score (nSPS) is 15.6. The number of hydrogen-bond donors (Lipinski definition) is 1. The molecule has 128 valence electrons. The van der Waals surface area contributed by atoms with E-state index in [-0.39, 0.29) is 6.09 Å². The van der Waals surface area contributed by atoms with E-state index in [0.717, 1.165) is 0 Å². The molecule has 0 saturated heterocycles. The zero-order valence-electron chi connectivity index (χ0n) is 14.5. The van der Waals surface area contributed by atoms with E-state index >= 15 is 0 Å². The van der Waals surface area contributed by atoms with E-state index in [1.807, 2.05) is 32.7 Å². The molecule has 1 fully saturated rings. The van der Waals surface area contributed by atoms with Crippen molar-refractivity contribution >= 4 is 12.1 Å². The smallest absolute Gasteiger partial charge is 0.410 e. The number of amides is 1. The maximum absolute atomic E-state index is 12.2. The van der Waals surface area contributed by atoms with E-state index in [4.69, 9.17) is 15.2 Å². The van der Waals surface area contributed by atoms with E-state index < -0.39 is 5.60 Å². The van der Waals surface area contributed by atoms with Crippen LogP contribution in [0.4, 0.5) is 4.79 Å². The molecule has 0 heterocycles. The third-order valence-corrected chi connectivity index (χ3v) is 3.32. The number of guanidine groups is 1. The molecule has 0 aromatic rings. The Morgan fingerprint density at radius 2 is 1.95 bits per heavy atom. The van der Waals surface area contributed by atoms with Crippen LogP contribution in [0.25, 0.3) is 0 Å². The van der Waals surface area contributed by atoms with Gasteiger partial charge in [0.2, 0.25) is 0 Å². The summed E-state index contributed by atoms with van der Waals surface area (Å²) in [6, 6.07) is 0.527. The Labute approximate surface area is 133 Å². The number of carbonyl (C=O) groups excluding carboxylic acids is 1. The topological polar surface area (TPSA) is 80.4 Å². The predicted molar refractivity (Wildman–Crippen MR) is 87.0 cm³/mol. The van der Waals surface area contributed by atoms with Crippen LogP contribution in [-0.4, -0.2) is 73.9 Å². The zero-order chi connectivity index (χ0) is 16.8. The molecule has 0 bridgehead atoms. The molecule has 0 atom stereocenters. The Bertz CT molecular complexity index is 389. The monoisotopic (exact) mass is 314 g/mol. The molecule has 0 aliphatic heterocycles. The van der Waals surface area contributed by atoms with Crippen molar-refractivity contribution in [1.82, 2.24) is 9.80 Å². The average Bonchev–Trinajstić information content (AvgIpc) is 3.23. The van der Waals surface area contributed by atoms with Crippen molar-refractivity contribution in [2.75, 3.05) is 40.4 Å². The van der Waals surface area contributed by atoms with Gasteiger partial charge in [-0.25, -0.2) is 4.79 Å². The zero-order valence-corrected chi connectivity index (χ0v) is 14.5. The van der Waals surface area contributed by atoms with E-state index in [0.29, 0.717) is 38.2 Å². The first-order valence-electron chi connectivity index (χ1n) is 7.74. The van der Waals surface area contributed by atoms with Gasteiger partial charge in [0.25, 0.3) is 0 Å². The highest BCUT2D eigenvalue weighted by Gasteiger charge is 2.27. The first-order valence-corrected chi connectivity index (χ1v) is 7.74. The summed E-state index contributed by atoms with van der Waals surface area (Å²) in [5.74, 6) is 0.526. The van der Waals surface area contributed by atoms with Crippen LogP contribution in [-0.2, 0) is 9.47 Å². The Hall–Kier alpha value is -1.50. The van der Waals surface area contributed by atoms with Gasteiger partial charge in [0.15, 0.2) is 5.96 Å². The van der Waals surface area contributed by atoms with Crippen molar-refractivity contribution in [2.24, 2.45) is 10.7 Å². The SMILES string of the molecule is COCCN(CCN=C(N)N(C)C1CC1)C(=O)OC(C)(C)C. The van der Waals surface area contributed by atoms with Crippen LogP contribution in [0.5, 0.6) is 0 Å². The lowest BCUT2D eigenvalue weighted by Crippen LogP contribution is -2.41. The Kier molecular flexibility index (Phi) is 6.93. The molecule has 2 N–H and O–H groups in total. The molecule has 1 saturated carbocycles. The number of rotatable bonds is 7. The van der Waals surface area contributed by atoms with Crippen LogP contribution in [0.2, 0.25) is 0 Å². The second-order valence-electron chi connectivity index (χ2n) is 6.54. The largest absolute Gasteiger partial charge is 0.444 e. The van der Waals surface area contributed by atoms with Crippen molar-refractivity contribution in [3.8, 4) is 0 Å². The van der Waals surface area contributed by atoms with Gasteiger partial charge in [0.05, 0.1) is 13.2 Å². The Morgan fingerprint density at radius 1 is 1.32 bits per heavy atom. The van der Waals surface area contributed by atoms with Crippen molar-refractivity contribution in [3.05, 3.63) is 0 Å². The summed E-state index contributed by atoms with van der Waals surface area (Å²) in [7, 11) is 3.56. The molecule has 22 heavy (non-hydrogen) atoms. The van der Waals surface area contributed by atoms with Crippen molar-refractivity contribution < 1.29 is 14.3 Å². The number of methoxy groups -OCH3 is 1. The summed E-state index contributed by atoms with van der Waals surface area (Å²) < 4.78 is 10.4. The highest BCUT2D eigenvalue weighted by atomic mass is 16.6. The van der Waals surface area contributed by atoms with Crippen LogP contribution in [0.3, 0.4) is 0 Å². The first kappa shape index (κ1) is 18.5. The molecule has 0 unspecified atom stereocenters.